The SMILES string of the molecule is CC(C)c1c(C(C)(C)C)cc(C(O)P(=O)(O)O)cc1C(C)(C)C. The van der Waals surface area contributed by atoms with E-state index in [4.69, 9.17) is 0 Å². The highest BCUT2D eigenvalue weighted by Crippen LogP contribution is 2.51. The average Bonchev–Trinajstić information content (AvgIpc) is 2.32. The van der Waals surface area contributed by atoms with Crippen LogP contribution in [0.25, 0.3) is 0 Å². The van der Waals surface area contributed by atoms with Gasteiger partial charge in [-0.1, -0.05) is 67.5 Å². The number of benzene rings is 1. The van der Waals surface area contributed by atoms with Crippen molar-refractivity contribution in [2.45, 2.75) is 78.0 Å². The molecule has 1 atom stereocenters. The Kier molecular flexibility index (Phi) is 5.60. The minimum Gasteiger partial charge on any atom is -0.376 e. The van der Waals surface area contributed by atoms with Crippen LogP contribution >= 0.6 is 7.60 Å². The lowest BCUT2D eigenvalue weighted by Gasteiger charge is -2.33. The van der Waals surface area contributed by atoms with Crippen molar-refractivity contribution >= 4 is 7.60 Å². The maximum atomic E-state index is 11.5. The molecule has 0 saturated heterocycles. The molecule has 1 rings (SSSR count). The predicted octanol–water partition coefficient (Wildman–Crippen LogP) is 4.57. The predicted molar refractivity (Wildman–Crippen MR) is 94.9 cm³/mol. The van der Waals surface area contributed by atoms with Crippen LogP contribution in [0.3, 0.4) is 0 Å². The summed E-state index contributed by atoms with van der Waals surface area (Å²) < 4.78 is 11.5. The van der Waals surface area contributed by atoms with Crippen LogP contribution in [-0.2, 0) is 15.4 Å². The second kappa shape index (κ2) is 6.33. The van der Waals surface area contributed by atoms with Crippen molar-refractivity contribution in [3.8, 4) is 0 Å². The molecule has 3 N–H and O–H groups in total. The molecule has 0 bridgehead atoms. The van der Waals surface area contributed by atoms with E-state index in [0.717, 1.165) is 11.1 Å². The molecule has 1 aromatic rings. The van der Waals surface area contributed by atoms with Crippen molar-refractivity contribution in [2.75, 3.05) is 0 Å². The van der Waals surface area contributed by atoms with Gasteiger partial charge < -0.3 is 14.9 Å². The fraction of sp³-hybridized carbons (Fsp3) is 0.667. The maximum absolute atomic E-state index is 11.5. The molecule has 1 unspecified atom stereocenters. The first-order chi connectivity index (χ1) is 10.1. The van der Waals surface area contributed by atoms with Crippen molar-refractivity contribution in [2.24, 2.45) is 0 Å². The molecule has 0 aliphatic heterocycles. The van der Waals surface area contributed by atoms with Gasteiger partial charge in [-0.3, -0.25) is 4.57 Å². The largest absolute Gasteiger partial charge is 0.376 e. The van der Waals surface area contributed by atoms with E-state index < -0.39 is 13.4 Å². The number of hydrogen-bond acceptors (Lipinski definition) is 2. The lowest BCUT2D eigenvalue weighted by atomic mass is 9.72. The van der Waals surface area contributed by atoms with Crippen LogP contribution in [0, 0.1) is 0 Å². The van der Waals surface area contributed by atoms with Crippen LogP contribution in [-0.4, -0.2) is 14.9 Å². The molecule has 0 saturated carbocycles. The van der Waals surface area contributed by atoms with Gasteiger partial charge in [0.05, 0.1) is 0 Å². The summed E-state index contributed by atoms with van der Waals surface area (Å²) in [6, 6.07) is 3.52. The van der Waals surface area contributed by atoms with Gasteiger partial charge in [0.2, 0.25) is 0 Å². The monoisotopic (exact) mass is 342 g/mol. The summed E-state index contributed by atoms with van der Waals surface area (Å²) in [5.74, 6) is -1.51. The zero-order valence-electron chi connectivity index (χ0n) is 15.5. The Bertz CT molecular complexity index is 580. The number of rotatable bonds is 3. The molecule has 23 heavy (non-hydrogen) atoms. The number of aliphatic hydroxyl groups is 1. The van der Waals surface area contributed by atoms with Crippen LogP contribution < -0.4 is 0 Å². The van der Waals surface area contributed by atoms with Gasteiger partial charge in [-0.25, -0.2) is 0 Å². The molecule has 132 valence electrons. The Balaban J connectivity index is 3.84. The number of aliphatic hydroxyl groups excluding tert-OH is 1. The quantitative estimate of drug-likeness (QED) is 0.703. The summed E-state index contributed by atoms with van der Waals surface area (Å²) in [4.78, 5) is 18.7. The van der Waals surface area contributed by atoms with Gasteiger partial charge in [0, 0.05) is 0 Å². The van der Waals surface area contributed by atoms with E-state index in [1.54, 1.807) is 12.1 Å². The van der Waals surface area contributed by atoms with Gasteiger partial charge in [-0.05, 0) is 39.0 Å². The molecule has 0 aliphatic rings. The summed E-state index contributed by atoms with van der Waals surface area (Å²) in [6.45, 7) is 16.7. The smallest absolute Gasteiger partial charge is 0.358 e. The first-order valence-electron chi connectivity index (χ1n) is 7.99. The molecule has 5 heteroatoms. The molecule has 0 spiro atoms. The van der Waals surface area contributed by atoms with Crippen molar-refractivity contribution in [1.82, 2.24) is 0 Å². The summed E-state index contributed by atoms with van der Waals surface area (Å²) >= 11 is 0. The van der Waals surface area contributed by atoms with Gasteiger partial charge >= 0.3 is 7.60 Å². The van der Waals surface area contributed by atoms with Gasteiger partial charge in [0.1, 0.15) is 0 Å². The average molecular weight is 342 g/mol. The summed E-state index contributed by atoms with van der Waals surface area (Å²) in [7, 11) is -4.61. The van der Waals surface area contributed by atoms with Gasteiger partial charge in [0.15, 0.2) is 5.85 Å². The summed E-state index contributed by atoms with van der Waals surface area (Å²) in [5, 5.41) is 10.1. The molecule has 0 aliphatic carbocycles. The molecule has 0 fully saturated rings. The Morgan fingerprint density at radius 2 is 1.26 bits per heavy atom. The highest BCUT2D eigenvalue weighted by molar-refractivity contribution is 7.51. The summed E-state index contributed by atoms with van der Waals surface area (Å²) in [5.41, 5.74) is 3.17. The third kappa shape index (κ3) is 4.67. The van der Waals surface area contributed by atoms with E-state index in [2.05, 4.69) is 55.4 Å². The lowest BCUT2D eigenvalue weighted by Crippen LogP contribution is -2.23. The van der Waals surface area contributed by atoms with Gasteiger partial charge in [0.25, 0.3) is 0 Å². The molecule has 4 nitrogen and oxygen atoms in total. The van der Waals surface area contributed by atoms with Crippen molar-refractivity contribution in [3.63, 3.8) is 0 Å². The van der Waals surface area contributed by atoms with E-state index in [9.17, 15) is 19.5 Å². The van der Waals surface area contributed by atoms with Crippen molar-refractivity contribution in [3.05, 3.63) is 34.4 Å². The minimum absolute atomic E-state index is 0.190. The fourth-order valence-electron chi connectivity index (χ4n) is 2.88. The highest BCUT2D eigenvalue weighted by Gasteiger charge is 2.33. The summed E-state index contributed by atoms with van der Waals surface area (Å²) in [6.07, 6.45) is 0. The molecule has 0 aromatic heterocycles. The lowest BCUT2D eigenvalue weighted by molar-refractivity contribution is 0.205. The molecule has 0 amide bonds. The first kappa shape index (κ1) is 20.4. The molecular weight excluding hydrogens is 311 g/mol. The minimum atomic E-state index is -4.61. The van der Waals surface area contributed by atoms with E-state index >= 15 is 0 Å². The normalized spacial score (nSPS) is 15.1. The van der Waals surface area contributed by atoms with E-state index in [-0.39, 0.29) is 22.3 Å². The van der Waals surface area contributed by atoms with Gasteiger partial charge in [-0.2, -0.15) is 0 Å². The molecule has 0 radical (unpaired) electrons. The fourth-order valence-corrected chi connectivity index (χ4v) is 3.42. The van der Waals surface area contributed by atoms with Crippen LogP contribution in [0.2, 0.25) is 0 Å². The van der Waals surface area contributed by atoms with Gasteiger partial charge in [-0.15, -0.1) is 0 Å². The third-order valence-electron chi connectivity index (χ3n) is 4.01. The second-order valence-electron chi connectivity index (χ2n) is 8.65. The molecule has 0 heterocycles. The van der Waals surface area contributed by atoms with Crippen LogP contribution in [0.15, 0.2) is 12.1 Å². The topological polar surface area (TPSA) is 77.8 Å². The standard InChI is InChI=1S/C18H31O4P/c1-11(2)15-13(17(3,4)5)9-12(16(19)23(20,21)22)10-14(15)18(6,7)8/h9-11,16,19H,1-8H3,(H2,20,21,22). The van der Waals surface area contributed by atoms with Crippen LogP contribution in [0.5, 0.6) is 0 Å². The Morgan fingerprint density at radius 3 is 1.48 bits per heavy atom. The number of hydrogen-bond donors (Lipinski definition) is 3. The van der Waals surface area contributed by atoms with Crippen molar-refractivity contribution in [1.29, 1.82) is 0 Å². The Labute approximate surface area is 140 Å². The first-order valence-corrected chi connectivity index (χ1v) is 9.67. The Morgan fingerprint density at radius 1 is 0.913 bits per heavy atom. The Hall–Kier alpha value is -0.670. The highest BCUT2D eigenvalue weighted by atomic mass is 31.2. The third-order valence-corrected chi connectivity index (χ3v) is 4.95. The zero-order chi connectivity index (χ0) is 18.4. The van der Waals surface area contributed by atoms with E-state index in [0.29, 0.717) is 0 Å². The van der Waals surface area contributed by atoms with Crippen molar-refractivity contribution < 1.29 is 19.5 Å². The van der Waals surface area contributed by atoms with E-state index in [1.165, 1.54) is 5.56 Å². The van der Waals surface area contributed by atoms with Crippen LogP contribution in [0.4, 0.5) is 0 Å². The van der Waals surface area contributed by atoms with Crippen LogP contribution in [0.1, 0.15) is 89.4 Å². The van der Waals surface area contributed by atoms with E-state index in [1.807, 2.05) is 0 Å². The molecular formula is C18H31O4P. The molecule has 1 aromatic carbocycles. The maximum Gasteiger partial charge on any atom is 0.358 e. The zero-order valence-corrected chi connectivity index (χ0v) is 16.4. The second-order valence-corrected chi connectivity index (χ2v) is 10.3.